The molecule has 4 nitrogen and oxygen atoms in total. The highest BCUT2D eigenvalue weighted by molar-refractivity contribution is 4.64. The van der Waals surface area contributed by atoms with Crippen LogP contribution >= 0.6 is 0 Å². The molecule has 4 heteroatoms. The first-order chi connectivity index (χ1) is 2.91. The van der Waals surface area contributed by atoms with Crippen LogP contribution in [-0.4, -0.2) is 6.61 Å². The van der Waals surface area contributed by atoms with Crippen molar-refractivity contribution >= 4 is 0 Å². The number of nitrogens with zero attached hydrogens (tertiary/aromatic N) is 1. The fraction of sp³-hybridized carbons (Fsp3) is 0.500. The molecule has 0 aliphatic heterocycles. The average molecular weight is 87.1 g/mol. The topological polar surface area (TPSA) is 71.1 Å². The quantitative estimate of drug-likeness (QED) is 0.255. The summed E-state index contributed by atoms with van der Waals surface area (Å²) in [5.41, 5.74) is 1.85. The SMILES string of the molecule is N#CCONN. The molecule has 0 saturated carbocycles. The van der Waals surface area contributed by atoms with Gasteiger partial charge in [0.2, 0.25) is 0 Å². The predicted octanol–water partition coefficient (Wildman–Crippen LogP) is -1.10. The summed E-state index contributed by atoms with van der Waals surface area (Å²) in [5.74, 6) is 4.59. The molecule has 6 heavy (non-hydrogen) atoms. The van der Waals surface area contributed by atoms with Gasteiger partial charge in [0.05, 0.1) is 6.07 Å². The third kappa shape index (κ3) is 3.37. The average Bonchev–Trinajstić information content (AvgIpc) is 1.61. The lowest BCUT2D eigenvalue weighted by Gasteiger charge is -1.86. The Labute approximate surface area is 35.4 Å². The summed E-state index contributed by atoms with van der Waals surface area (Å²) in [6, 6.07) is 1.70. The maximum Gasteiger partial charge on any atom is 0.156 e. The zero-order valence-corrected chi connectivity index (χ0v) is 3.14. The van der Waals surface area contributed by atoms with E-state index in [1.165, 1.54) is 0 Å². The molecule has 0 atom stereocenters. The van der Waals surface area contributed by atoms with E-state index in [-0.39, 0.29) is 6.61 Å². The Morgan fingerprint density at radius 2 is 2.67 bits per heavy atom. The largest absolute Gasteiger partial charge is 0.272 e. The monoisotopic (exact) mass is 87.0 g/mol. The van der Waals surface area contributed by atoms with Crippen molar-refractivity contribution in [3.05, 3.63) is 0 Å². The minimum Gasteiger partial charge on any atom is -0.272 e. The first-order valence-corrected chi connectivity index (χ1v) is 1.36. The Hall–Kier alpha value is -0.630. The molecular weight excluding hydrogens is 82.0 g/mol. The van der Waals surface area contributed by atoms with Gasteiger partial charge in [-0.3, -0.25) is 4.84 Å². The first kappa shape index (κ1) is 5.37. The van der Waals surface area contributed by atoms with Gasteiger partial charge < -0.3 is 0 Å². The van der Waals surface area contributed by atoms with Gasteiger partial charge in [-0.05, 0) is 0 Å². The van der Waals surface area contributed by atoms with Crippen LogP contribution in [0.5, 0.6) is 0 Å². The summed E-state index contributed by atoms with van der Waals surface area (Å²) in [5, 5.41) is 7.73. The van der Waals surface area contributed by atoms with Crippen LogP contribution in [0.3, 0.4) is 0 Å². The van der Waals surface area contributed by atoms with Gasteiger partial charge in [-0.15, -0.1) is 5.59 Å². The van der Waals surface area contributed by atoms with Crippen LogP contribution in [0.25, 0.3) is 0 Å². The van der Waals surface area contributed by atoms with Crippen LogP contribution in [0.2, 0.25) is 0 Å². The van der Waals surface area contributed by atoms with Gasteiger partial charge in [0.1, 0.15) is 0 Å². The van der Waals surface area contributed by atoms with E-state index < -0.39 is 0 Å². The number of rotatable bonds is 2. The lowest BCUT2D eigenvalue weighted by molar-refractivity contribution is 0.0658. The van der Waals surface area contributed by atoms with Gasteiger partial charge in [0.25, 0.3) is 0 Å². The van der Waals surface area contributed by atoms with E-state index in [1.54, 1.807) is 6.07 Å². The summed E-state index contributed by atoms with van der Waals surface area (Å²) < 4.78 is 0. The molecule has 0 fully saturated rings. The highest BCUT2D eigenvalue weighted by atomic mass is 16.7. The van der Waals surface area contributed by atoms with Crippen molar-refractivity contribution < 1.29 is 4.84 Å². The standard InChI is InChI=1S/C2H5N3O/c3-1-2-6-5-4/h5H,2,4H2. The lowest BCUT2D eigenvalue weighted by Crippen LogP contribution is -2.21. The summed E-state index contributed by atoms with van der Waals surface area (Å²) in [6.07, 6.45) is 0. The maximum absolute atomic E-state index is 7.73. The number of hydrogen-bond acceptors (Lipinski definition) is 4. The smallest absolute Gasteiger partial charge is 0.156 e. The summed E-state index contributed by atoms with van der Waals surface area (Å²) in [6.45, 7) is -0.0174. The third-order valence-corrected chi connectivity index (χ3v) is 0.220. The Kier molecular flexibility index (Phi) is 3.91. The van der Waals surface area contributed by atoms with Crippen LogP contribution in [0.1, 0.15) is 0 Å². The highest BCUT2D eigenvalue weighted by Crippen LogP contribution is 1.52. The Balaban J connectivity index is 2.54. The van der Waals surface area contributed by atoms with E-state index in [2.05, 4.69) is 10.7 Å². The van der Waals surface area contributed by atoms with Crippen LogP contribution in [-0.2, 0) is 4.84 Å². The van der Waals surface area contributed by atoms with Crippen molar-refractivity contribution in [3.63, 3.8) is 0 Å². The number of hydrazine groups is 1. The molecule has 0 bridgehead atoms. The summed E-state index contributed by atoms with van der Waals surface area (Å²) in [7, 11) is 0. The van der Waals surface area contributed by atoms with E-state index in [4.69, 9.17) is 5.26 Å². The predicted molar refractivity (Wildman–Crippen MR) is 18.9 cm³/mol. The minimum atomic E-state index is -0.0174. The number of nitrogens with one attached hydrogen (secondary N) is 1. The van der Waals surface area contributed by atoms with Crippen molar-refractivity contribution in [2.24, 2.45) is 5.84 Å². The van der Waals surface area contributed by atoms with E-state index in [9.17, 15) is 0 Å². The molecule has 0 spiro atoms. The van der Waals surface area contributed by atoms with E-state index in [0.717, 1.165) is 0 Å². The van der Waals surface area contributed by atoms with Crippen molar-refractivity contribution in [2.75, 3.05) is 6.61 Å². The summed E-state index contributed by atoms with van der Waals surface area (Å²) in [4.78, 5) is 4.15. The van der Waals surface area contributed by atoms with Gasteiger partial charge in [-0.2, -0.15) is 5.26 Å². The lowest BCUT2D eigenvalue weighted by atomic mass is 10.9. The van der Waals surface area contributed by atoms with Crippen LogP contribution < -0.4 is 11.4 Å². The number of hydrogen-bond donors (Lipinski definition) is 2. The van der Waals surface area contributed by atoms with Gasteiger partial charge in [-0.1, -0.05) is 0 Å². The van der Waals surface area contributed by atoms with Gasteiger partial charge in [0, 0.05) is 0 Å². The normalized spacial score (nSPS) is 7.33. The van der Waals surface area contributed by atoms with Gasteiger partial charge in [0.15, 0.2) is 6.61 Å². The second kappa shape index (κ2) is 4.37. The third-order valence-electron chi connectivity index (χ3n) is 0.220. The molecule has 3 N–H and O–H groups in total. The van der Waals surface area contributed by atoms with E-state index in [1.807, 2.05) is 5.59 Å². The van der Waals surface area contributed by atoms with Crippen LogP contribution in [0, 0.1) is 11.3 Å². The number of nitrogens with two attached hydrogens (primary N) is 1. The molecule has 0 unspecified atom stereocenters. The molecule has 0 heterocycles. The first-order valence-electron chi connectivity index (χ1n) is 1.36. The molecule has 0 aromatic rings. The zero-order valence-electron chi connectivity index (χ0n) is 3.14. The molecule has 0 aliphatic rings. The summed E-state index contributed by atoms with van der Waals surface area (Å²) >= 11 is 0. The molecule has 34 valence electrons. The van der Waals surface area contributed by atoms with Crippen molar-refractivity contribution in [3.8, 4) is 6.07 Å². The van der Waals surface area contributed by atoms with Gasteiger partial charge >= 0.3 is 0 Å². The van der Waals surface area contributed by atoms with Crippen molar-refractivity contribution in [1.82, 2.24) is 5.59 Å². The molecule has 0 radical (unpaired) electrons. The molecule has 0 amide bonds. The van der Waals surface area contributed by atoms with Crippen molar-refractivity contribution in [2.45, 2.75) is 0 Å². The van der Waals surface area contributed by atoms with Crippen molar-refractivity contribution in [1.29, 1.82) is 5.26 Å². The molecule has 0 saturated heterocycles. The molecule has 0 aromatic heterocycles. The van der Waals surface area contributed by atoms with Crippen LogP contribution in [0.4, 0.5) is 0 Å². The Morgan fingerprint density at radius 3 is 2.83 bits per heavy atom. The van der Waals surface area contributed by atoms with Crippen LogP contribution in [0.15, 0.2) is 0 Å². The fourth-order valence-corrected chi connectivity index (χ4v) is 0.0739. The fourth-order valence-electron chi connectivity index (χ4n) is 0.0739. The maximum atomic E-state index is 7.73. The zero-order chi connectivity index (χ0) is 4.83. The molecule has 0 aliphatic carbocycles. The Bertz CT molecular complexity index is 56.3. The molecule has 0 aromatic carbocycles. The number of nitriles is 1. The second-order valence-electron chi connectivity index (χ2n) is 0.565. The molecular formula is C2H5N3O. The molecule has 0 rings (SSSR count). The second-order valence-corrected chi connectivity index (χ2v) is 0.565. The Morgan fingerprint density at radius 1 is 2.00 bits per heavy atom. The van der Waals surface area contributed by atoms with E-state index >= 15 is 0 Å². The highest BCUT2D eigenvalue weighted by Gasteiger charge is 1.69. The van der Waals surface area contributed by atoms with E-state index in [0.29, 0.717) is 0 Å². The minimum absolute atomic E-state index is 0.0174. The van der Waals surface area contributed by atoms with Gasteiger partial charge in [-0.25, -0.2) is 5.84 Å².